The Labute approximate surface area is 135 Å². The Bertz CT molecular complexity index is 982. The van der Waals surface area contributed by atoms with Crippen LogP contribution in [0.15, 0.2) is 30.5 Å². The molecule has 0 spiro atoms. The molecule has 23 heavy (non-hydrogen) atoms. The summed E-state index contributed by atoms with van der Waals surface area (Å²) in [6.07, 6.45) is 1.79. The number of aromatic nitrogens is 2. The molecule has 1 unspecified atom stereocenters. The van der Waals surface area contributed by atoms with E-state index in [9.17, 15) is 9.18 Å². The summed E-state index contributed by atoms with van der Waals surface area (Å²) in [6.45, 7) is 0. The van der Waals surface area contributed by atoms with E-state index in [0.717, 1.165) is 5.39 Å². The standard InChI is InChI=1S/C16H12ClFN4O/c1-22-6-7-4-11(19)12-13(14(7)21-22)16(23)20-15(12)9-5-8(18)2-3-10(9)17/h2-6,15H,19H2,1H3,(H,20,23). The molecule has 1 aliphatic rings. The number of rotatable bonds is 1. The van der Waals surface area contributed by atoms with Crippen molar-refractivity contribution in [3.8, 4) is 0 Å². The first-order valence-electron chi connectivity index (χ1n) is 6.97. The third kappa shape index (κ3) is 1.98. The number of aryl methyl sites for hydroxylation is 1. The number of anilines is 1. The van der Waals surface area contributed by atoms with Crippen molar-refractivity contribution < 1.29 is 9.18 Å². The second kappa shape index (κ2) is 4.70. The second-order valence-electron chi connectivity index (χ2n) is 5.57. The predicted molar refractivity (Wildman–Crippen MR) is 85.8 cm³/mol. The lowest BCUT2D eigenvalue weighted by Crippen LogP contribution is -2.20. The molecule has 1 amide bonds. The summed E-state index contributed by atoms with van der Waals surface area (Å²) in [5.74, 6) is -0.717. The van der Waals surface area contributed by atoms with E-state index in [2.05, 4.69) is 10.4 Å². The number of hydrogen-bond acceptors (Lipinski definition) is 3. The van der Waals surface area contributed by atoms with Crippen molar-refractivity contribution in [2.75, 3.05) is 5.73 Å². The summed E-state index contributed by atoms with van der Waals surface area (Å²) in [4.78, 5) is 12.5. The van der Waals surface area contributed by atoms with E-state index in [0.29, 0.717) is 32.9 Å². The maximum atomic E-state index is 13.6. The average molecular weight is 331 g/mol. The minimum Gasteiger partial charge on any atom is -0.398 e. The van der Waals surface area contributed by atoms with Gasteiger partial charge in [0.15, 0.2) is 0 Å². The molecule has 116 valence electrons. The number of nitrogens with one attached hydrogen (secondary N) is 1. The van der Waals surface area contributed by atoms with Crippen LogP contribution in [0.2, 0.25) is 5.02 Å². The van der Waals surface area contributed by atoms with Crippen molar-refractivity contribution in [1.29, 1.82) is 0 Å². The summed E-state index contributed by atoms with van der Waals surface area (Å²) in [5, 5.41) is 8.31. The molecule has 7 heteroatoms. The molecule has 1 aliphatic heterocycles. The molecule has 2 heterocycles. The zero-order valence-electron chi connectivity index (χ0n) is 12.1. The van der Waals surface area contributed by atoms with E-state index in [1.807, 2.05) is 0 Å². The Balaban J connectivity index is 2.01. The van der Waals surface area contributed by atoms with Crippen LogP contribution in [-0.4, -0.2) is 15.7 Å². The molecule has 2 aromatic carbocycles. The number of benzene rings is 2. The highest BCUT2D eigenvalue weighted by Gasteiger charge is 2.35. The van der Waals surface area contributed by atoms with Crippen LogP contribution >= 0.6 is 11.6 Å². The number of carbonyl (C=O) groups is 1. The second-order valence-corrected chi connectivity index (χ2v) is 5.97. The molecule has 0 saturated heterocycles. The largest absolute Gasteiger partial charge is 0.398 e. The molecule has 0 radical (unpaired) electrons. The maximum Gasteiger partial charge on any atom is 0.254 e. The van der Waals surface area contributed by atoms with Crippen molar-refractivity contribution in [3.63, 3.8) is 0 Å². The molecule has 0 bridgehead atoms. The molecule has 1 aromatic heterocycles. The van der Waals surface area contributed by atoms with Gasteiger partial charge in [-0.1, -0.05) is 11.6 Å². The highest BCUT2D eigenvalue weighted by molar-refractivity contribution is 6.31. The third-order valence-electron chi connectivity index (χ3n) is 4.05. The Morgan fingerprint density at radius 3 is 2.96 bits per heavy atom. The third-order valence-corrected chi connectivity index (χ3v) is 4.39. The van der Waals surface area contributed by atoms with Crippen LogP contribution in [0.4, 0.5) is 10.1 Å². The minimum absolute atomic E-state index is 0.290. The molecule has 3 aromatic rings. The molecule has 5 nitrogen and oxygen atoms in total. The minimum atomic E-state index is -0.591. The molecule has 0 aliphatic carbocycles. The zero-order valence-corrected chi connectivity index (χ0v) is 12.9. The van der Waals surface area contributed by atoms with Gasteiger partial charge in [0.2, 0.25) is 0 Å². The normalized spacial score (nSPS) is 16.7. The van der Waals surface area contributed by atoms with Crippen molar-refractivity contribution in [2.24, 2.45) is 7.05 Å². The van der Waals surface area contributed by atoms with Gasteiger partial charge in [-0.2, -0.15) is 5.10 Å². The van der Waals surface area contributed by atoms with Gasteiger partial charge in [0.05, 0.1) is 11.6 Å². The smallest absolute Gasteiger partial charge is 0.254 e. The highest BCUT2D eigenvalue weighted by atomic mass is 35.5. The molecule has 4 rings (SSSR count). The lowest BCUT2D eigenvalue weighted by atomic mass is 9.95. The fraction of sp³-hybridized carbons (Fsp3) is 0.125. The Hall–Kier alpha value is -2.60. The number of nitrogen functional groups attached to an aromatic ring is 1. The van der Waals surface area contributed by atoms with Gasteiger partial charge in [0, 0.05) is 40.5 Å². The van der Waals surface area contributed by atoms with E-state index < -0.39 is 11.9 Å². The Morgan fingerprint density at radius 2 is 2.17 bits per heavy atom. The summed E-state index contributed by atoms with van der Waals surface area (Å²) in [7, 11) is 1.77. The summed E-state index contributed by atoms with van der Waals surface area (Å²) in [5.41, 5.74) is 8.67. The molecule has 0 saturated carbocycles. The van der Waals surface area contributed by atoms with Gasteiger partial charge in [-0.25, -0.2) is 4.39 Å². The summed E-state index contributed by atoms with van der Waals surface area (Å²) < 4.78 is 15.2. The first-order valence-corrected chi connectivity index (χ1v) is 7.35. The van der Waals surface area contributed by atoms with E-state index in [1.165, 1.54) is 18.2 Å². The van der Waals surface area contributed by atoms with Crippen molar-refractivity contribution >= 4 is 34.1 Å². The van der Waals surface area contributed by atoms with Gasteiger partial charge < -0.3 is 11.1 Å². The van der Waals surface area contributed by atoms with Crippen LogP contribution in [0, 0.1) is 5.82 Å². The summed E-state index contributed by atoms with van der Waals surface area (Å²) in [6, 6.07) is 5.22. The quantitative estimate of drug-likeness (QED) is 0.674. The number of nitrogens with two attached hydrogens (primary N) is 1. The van der Waals surface area contributed by atoms with Gasteiger partial charge in [-0.05, 0) is 24.3 Å². The van der Waals surface area contributed by atoms with Gasteiger partial charge in [-0.3, -0.25) is 9.48 Å². The molecule has 0 fully saturated rings. The number of amides is 1. The lowest BCUT2D eigenvalue weighted by molar-refractivity contribution is 0.0961. The van der Waals surface area contributed by atoms with Crippen LogP contribution in [0.25, 0.3) is 10.9 Å². The van der Waals surface area contributed by atoms with Crippen molar-refractivity contribution in [3.05, 3.63) is 58.0 Å². The number of carbonyl (C=O) groups excluding carboxylic acids is 1. The molecule has 1 atom stereocenters. The molecule has 3 N–H and O–H groups in total. The van der Waals surface area contributed by atoms with E-state index in [4.69, 9.17) is 17.3 Å². The van der Waals surface area contributed by atoms with Crippen molar-refractivity contribution in [2.45, 2.75) is 6.04 Å². The number of nitrogens with zero attached hydrogens (tertiary/aromatic N) is 2. The predicted octanol–water partition coefficient (Wildman–Crippen LogP) is 2.78. The number of fused-ring (bicyclic) bond motifs is 3. The van der Waals surface area contributed by atoms with Crippen LogP contribution in [0.1, 0.15) is 27.5 Å². The molecular formula is C16H12ClFN4O. The lowest BCUT2D eigenvalue weighted by Gasteiger charge is -2.15. The van der Waals surface area contributed by atoms with Gasteiger partial charge in [-0.15, -0.1) is 0 Å². The van der Waals surface area contributed by atoms with Crippen LogP contribution in [0.3, 0.4) is 0 Å². The van der Waals surface area contributed by atoms with Crippen LogP contribution in [-0.2, 0) is 7.05 Å². The summed E-state index contributed by atoms with van der Waals surface area (Å²) >= 11 is 6.19. The first kappa shape index (κ1) is 14.0. The van der Waals surface area contributed by atoms with Crippen LogP contribution in [0.5, 0.6) is 0 Å². The van der Waals surface area contributed by atoms with E-state index in [-0.39, 0.29) is 5.91 Å². The Morgan fingerprint density at radius 1 is 1.39 bits per heavy atom. The van der Waals surface area contributed by atoms with Crippen molar-refractivity contribution in [1.82, 2.24) is 15.1 Å². The monoisotopic (exact) mass is 330 g/mol. The van der Waals surface area contributed by atoms with E-state index >= 15 is 0 Å². The average Bonchev–Trinajstić information content (AvgIpc) is 3.02. The van der Waals surface area contributed by atoms with Crippen LogP contribution < -0.4 is 11.1 Å². The highest BCUT2D eigenvalue weighted by Crippen LogP contribution is 2.41. The van der Waals surface area contributed by atoms with Gasteiger partial charge >= 0.3 is 0 Å². The Kier molecular flexibility index (Phi) is 2.86. The number of halogens is 2. The SMILES string of the molecule is Cn1cc2cc(N)c3c(c2n1)C(=O)NC3c1cc(F)ccc1Cl. The molecular weight excluding hydrogens is 319 g/mol. The fourth-order valence-electron chi connectivity index (χ4n) is 3.11. The van der Waals surface area contributed by atoms with Gasteiger partial charge in [0.1, 0.15) is 11.3 Å². The topological polar surface area (TPSA) is 72.9 Å². The fourth-order valence-corrected chi connectivity index (χ4v) is 3.34. The first-order chi connectivity index (χ1) is 11.0. The zero-order chi connectivity index (χ0) is 16.3. The van der Waals surface area contributed by atoms with Gasteiger partial charge in [0.25, 0.3) is 5.91 Å². The number of hydrogen-bond donors (Lipinski definition) is 2. The maximum absolute atomic E-state index is 13.6. The van der Waals surface area contributed by atoms with E-state index in [1.54, 1.807) is 24.0 Å².